The van der Waals surface area contributed by atoms with E-state index in [9.17, 15) is 0 Å². The van der Waals surface area contributed by atoms with Crippen LogP contribution >= 0.6 is 11.6 Å². The molecule has 1 aromatic carbocycles. The van der Waals surface area contributed by atoms with Crippen LogP contribution < -0.4 is 0 Å². The zero-order chi connectivity index (χ0) is 9.10. The van der Waals surface area contributed by atoms with E-state index in [2.05, 4.69) is 16.8 Å². The van der Waals surface area contributed by atoms with E-state index in [1.807, 2.05) is 30.5 Å². The summed E-state index contributed by atoms with van der Waals surface area (Å²) in [4.78, 5) is 3.14. The number of nitrogens with one attached hydrogen (secondary N) is 1. The second-order valence-electron chi connectivity index (χ2n) is 2.72. The topological polar surface area (TPSA) is 15.8 Å². The van der Waals surface area contributed by atoms with Crippen molar-refractivity contribution in [3.05, 3.63) is 36.0 Å². The van der Waals surface area contributed by atoms with Crippen LogP contribution in [0, 0.1) is 11.8 Å². The van der Waals surface area contributed by atoms with Gasteiger partial charge in [0.25, 0.3) is 0 Å². The van der Waals surface area contributed by atoms with Crippen LogP contribution in [0.2, 0.25) is 0 Å². The summed E-state index contributed by atoms with van der Waals surface area (Å²) in [6, 6.07) is 8.10. The molecule has 0 spiro atoms. The summed E-state index contributed by atoms with van der Waals surface area (Å²) >= 11 is 5.47. The van der Waals surface area contributed by atoms with Gasteiger partial charge in [-0.2, -0.15) is 0 Å². The fourth-order valence-corrected chi connectivity index (χ4v) is 1.33. The molecule has 0 bridgehead atoms. The first kappa shape index (κ1) is 8.22. The van der Waals surface area contributed by atoms with Crippen molar-refractivity contribution < 1.29 is 0 Å². The summed E-state index contributed by atoms with van der Waals surface area (Å²) in [7, 11) is 0. The van der Waals surface area contributed by atoms with Gasteiger partial charge in [0.2, 0.25) is 0 Å². The third-order valence-corrected chi connectivity index (χ3v) is 1.99. The van der Waals surface area contributed by atoms with E-state index < -0.39 is 0 Å². The Labute approximate surface area is 81.7 Å². The van der Waals surface area contributed by atoms with E-state index >= 15 is 0 Å². The van der Waals surface area contributed by atoms with Gasteiger partial charge < -0.3 is 4.98 Å². The number of aromatic amines is 1. The molecule has 0 aliphatic carbocycles. The van der Waals surface area contributed by atoms with Crippen molar-refractivity contribution in [1.82, 2.24) is 4.98 Å². The van der Waals surface area contributed by atoms with Crippen molar-refractivity contribution in [2.24, 2.45) is 0 Å². The first-order valence-corrected chi connectivity index (χ1v) is 4.55. The Balaban J connectivity index is 2.48. The third kappa shape index (κ3) is 1.68. The quantitative estimate of drug-likeness (QED) is 0.485. The van der Waals surface area contributed by atoms with E-state index in [0.29, 0.717) is 5.88 Å². The number of hydrogen-bond acceptors (Lipinski definition) is 0. The fraction of sp³-hybridized carbons (Fsp3) is 0.0909. The van der Waals surface area contributed by atoms with Gasteiger partial charge in [0.1, 0.15) is 0 Å². The van der Waals surface area contributed by atoms with Gasteiger partial charge in [-0.25, -0.2) is 0 Å². The minimum absolute atomic E-state index is 0.378. The standard InChI is InChI=1S/C11H8ClN/c12-6-1-2-9-3-4-10-5-7-13-11(10)8-9/h3-5,7-8,13H,6H2. The molecule has 0 saturated heterocycles. The summed E-state index contributed by atoms with van der Waals surface area (Å²) in [5, 5.41) is 1.21. The molecular formula is C11H8ClN. The molecular weight excluding hydrogens is 182 g/mol. The van der Waals surface area contributed by atoms with Gasteiger partial charge in [-0.3, -0.25) is 0 Å². The predicted molar refractivity (Wildman–Crippen MR) is 55.9 cm³/mol. The van der Waals surface area contributed by atoms with Gasteiger partial charge in [-0.05, 0) is 23.6 Å². The van der Waals surface area contributed by atoms with E-state index in [1.54, 1.807) is 0 Å². The van der Waals surface area contributed by atoms with Gasteiger partial charge in [-0.1, -0.05) is 17.9 Å². The maximum atomic E-state index is 5.47. The molecule has 0 radical (unpaired) electrons. The molecule has 0 unspecified atom stereocenters. The van der Waals surface area contributed by atoms with Crippen molar-refractivity contribution in [1.29, 1.82) is 0 Å². The zero-order valence-corrected chi connectivity index (χ0v) is 7.73. The second kappa shape index (κ2) is 3.55. The minimum atomic E-state index is 0.378. The Hall–Kier alpha value is -1.39. The molecule has 0 aliphatic rings. The molecule has 2 heteroatoms. The molecule has 0 atom stereocenters. The van der Waals surface area contributed by atoms with Crippen molar-refractivity contribution in [2.45, 2.75) is 0 Å². The molecule has 0 amide bonds. The van der Waals surface area contributed by atoms with Gasteiger partial charge in [-0.15, -0.1) is 11.6 Å². The van der Waals surface area contributed by atoms with Crippen molar-refractivity contribution >= 4 is 22.5 Å². The zero-order valence-electron chi connectivity index (χ0n) is 6.97. The third-order valence-electron chi connectivity index (χ3n) is 1.85. The summed E-state index contributed by atoms with van der Waals surface area (Å²) < 4.78 is 0. The van der Waals surface area contributed by atoms with Crippen molar-refractivity contribution in [2.75, 3.05) is 5.88 Å². The number of alkyl halides is 1. The highest BCUT2D eigenvalue weighted by molar-refractivity contribution is 6.19. The molecule has 0 aliphatic heterocycles. The number of hydrogen-bond donors (Lipinski definition) is 1. The number of fused-ring (bicyclic) bond motifs is 1. The van der Waals surface area contributed by atoms with Crippen LogP contribution in [0.1, 0.15) is 5.56 Å². The van der Waals surface area contributed by atoms with Crippen LogP contribution in [0.4, 0.5) is 0 Å². The van der Waals surface area contributed by atoms with E-state index in [1.165, 1.54) is 5.39 Å². The Morgan fingerprint density at radius 2 is 2.23 bits per heavy atom. The molecule has 0 fully saturated rings. The average molecular weight is 190 g/mol. The Kier molecular flexibility index (Phi) is 2.25. The molecule has 1 aromatic heterocycles. The maximum absolute atomic E-state index is 5.47. The number of rotatable bonds is 0. The molecule has 1 heterocycles. The first-order valence-electron chi connectivity index (χ1n) is 4.02. The van der Waals surface area contributed by atoms with Crippen LogP contribution in [-0.4, -0.2) is 10.9 Å². The number of aromatic nitrogens is 1. The van der Waals surface area contributed by atoms with Crippen molar-refractivity contribution in [3.63, 3.8) is 0 Å². The van der Waals surface area contributed by atoms with Gasteiger partial charge in [0.05, 0.1) is 5.88 Å². The van der Waals surface area contributed by atoms with Gasteiger partial charge >= 0.3 is 0 Å². The monoisotopic (exact) mass is 189 g/mol. The lowest BCUT2D eigenvalue weighted by atomic mass is 10.2. The van der Waals surface area contributed by atoms with E-state index in [0.717, 1.165) is 11.1 Å². The Morgan fingerprint density at radius 3 is 3.08 bits per heavy atom. The molecule has 64 valence electrons. The molecule has 0 saturated carbocycles. The highest BCUT2D eigenvalue weighted by Gasteiger charge is 1.93. The smallest absolute Gasteiger partial charge is 0.0839 e. The lowest BCUT2D eigenvalue weighted by Crippen LogP contribution is -1.74. The molecule has 1 nitrogen and oxygen atoms in total. The number of benzene rings is 1. The highest BCUT2D eigenvalue weighted by atomic mass is 35.5. The first-order chi connectivity index (χ1) is 6.40. The highest BCUT2D eigenvalue weighted by Crippen LogP contribution is 2.13. The normalized spacial score (nSPS) is 9.62. The SMILES string of the molecule is ClCC#Cc1ccc2cc[nH]c2c1. The van der Waals surface area contributed by atoms with E-state index in [-0.39, 0.29) is 0 Å². The largest absolute Gasteiger partial charge is 0.361 e. The fourth-order valence-electron chi connectivity index (χ4n) is 1.26. The van der Waals surface area contributed by atoms with Crippen LogP contribution in [0.25, 0.3) is 10.9 Å². The Bertz CT molecular complexity index is 473. The van der Waals surface area contributed by atoms with Crippen LogP contribution in [0.5, 0.6) is 0 Å². The van der Waals surface area contributed by atoms with Crippen LogP contribution in [0.15, 0.2) is 30.5 Å². The van der Waals surface area contributed by atoms with Crippen LogP contribution in [0.3, 0.4) is 0 Å². The second-order valence-corrected chi connectivity index (χ2v) is 2.98. The molecule has 2 aromatic rings. The van der Waals surface area contributed by atoms with Gasteiger partial charge in [0, 0.05) is 17.3 Å². The molecule has 13 heavy (non-hydrogen) atoms. The summed E-state index contributed by atoms with van der Waals surface area (Å²) in [6.45, 7) is 0. The van der Waals surface area contributed by atoms with Gasteiger partial charge in [0.15, 0.2) is 0 Å². The maximum Gasteiger partial charge on any atom is 0.0839 e. The van der Waals surface area contributed by atoms with E-state index in [4.69, 9.17) is 11.6 Å². The summed E-state index contributed by atoms with van der Waals surface area (Å²) in [6.07, 6.45) is 1.92. The minimum Gasteiger partial charge on any atom is -0.361 e. The van der Waals surface area contributed by atoms with Crippen molar-refractivity contribution in [3.8, 4) is 11.8 Å². The molecule has 2 rings (SSSR count). The predicted octanol–water partition coefficient (Wildman–Crippen LogP) is 2.76. The summed E-state index contributed by atoms with van der Waals surface area (Å²) in [5.74, 6) is 6.18. The molecule has 1 N–H and O–H groups in total. The summed E-state index contributed by atoms with van der Waals surface area (Å²) in [5.41, 5.74) is 2.11. The lowest BCUT2D eigenvalue weighted by Gasteiger charge is -1.90. The lowest BCUT2D eigenvalue weighted by molar-refractivity contribution is 1.47. The number of H-pyrrole nitrogens is 1. The average Bonchev–Trinajstić information content (AvgIpc) is 2.61. The number of halogens is 1. The van der Waals surface area contributed by atoms with Crippen LogP contribution in [-0.2, 0) is 0 Å². The Morgan fingerprint density at radius 1 is 1.31 bits per heavy atom.